The molecule has 0 atom stereocenters. The number of rotatable bonds is 13. The van der Waals surface area contributed by atoms with Crippen molar-refractivity contribution >= 4 is 27.8 Å². The van der Waals surface area contributed by atoms with Crippen LogP contribution in [0.4, 0.5) is 5.69 Å². The third-order valence-electron chi connectivity index (χ3n) is 4.46. The Hall–Kier alpha value is -2.01. The molecule has 4 nitrogen and oxygen atoms in total. The van der Waals surface area contributed by atoms with E-state index >= 15 is 0 Å². The van der Waals surface area contributed by atoms with Gasteiger partial charge in [-0.15, -0.1) is 0 Å². The third-order valence-corrected chi connectivity index (χ3v) is 5.08. The van der Waals surface area contributed by atoms with Crippen LogP contribution in [0.15, 0.2) is 52.0 Å². The Morgan fingerprint density at radius 2 is 1.68 bits per heavy atom. The number of hydrogen-bond donors (Lipinski definition) is 1. The number of nitrogens with zero attached hydrogens (tertiary/aromatic N) is 1. The fourth-order valence-electron chi connectivity index (χ4n) is 2.80. The van der Waals surface area contributed by atoms with E-state index in [9.17, 15) is 0 Å². The zero-order valence-corrected chi connectivity index (χ0v) is 18.5. The number of halogens is 1. The molecule has 2 aromatic rings. The lowest BCUT2D eigenvalue weighted by atomic mass is 10.1. The van der Waals surface area contributed by atoms with Crippen LogP contribution in [0.5, 0.6) is 11.5 Å². The van der Waals surface area contributed by atoms with Gasteiger partial charge in [-0.05, 0) is 70.4 Å². The summed E-state index contributed by atoms with van der Waals surface area (Å²) in [5, 5.41) is 4.28. The highest BCUT2D eigenvalue weighted by atomic mass is 79.9. The van der Waals surface area contributed by atoms with Gasteiger partial charge >= 0.3 is 0 Å². The molecule has 1 N–H and O–H groups in total. The molecule has 0 aliphatic heterocycles. The lowest BCUT2D eigenvalue weighted by molar-refractivity contribution is 0.302. The summed E-state index contributed by atoms with van der Waals surface area (Å²) in [5.74, 6) is 1.71. The Balaban J connectivity index is 1.72. The Kier molecular flexibility index (Phi) is 10.5. The van der Waals surface area contributed by atoms with Crippen LogP contribution >= 0.6 is 15.9 Å². The van der Waals surface area contributed by atoms with E-state index in [4.69, 9.17) is 9.47 Å². The van der Waals surface area contributed by atoms with Crippen LogP contribution in [0, 0.1) is 0 Å². The minimum Gasteiger partial charge on any atom is -0.497 e. The van der Waals surface area contributed by atoms with Crippen LogP contribution in [0.1, 0.15) is 57.4 Å². The van der Waals surface area contributed by atoms with Crippen LogP contribution in [-0.4, -0.2) is 19.9 Å². The van der Waals surface area contributed by atoms with Gasteiger partial charge < -0.3 is 9.47 Å². The Labute approximate surface area is 177 Å². The van der Waals surface area contributed by atoms with Crippen molar-refractivity contribution in [1.82, 2.24) is 0 Å². The van der Waals surface area contributed by atoms with E-state index in [2.05, 4.69) is 33.4 Å². The van der Waals surface area contributed by atoms with Gasteiger partial charge in [-0.1, -0.05) is 45.4 Å². The molecule has 2 aromatic carbocycles. The smallest absolute Gasteiger partial charge is 0.133 e. The van der Waals surface area contributed by atoms with E-state index in [1.807, 2.05) is 42.5 Å². The van der Waals surface area contributed by atoms with E-state index in [1.165, 1.54) is 38.5 Å². The molecule has 0 fully saturated rings. The molecule has 0 aliphatic rings. The summed E-state index contributed by atoms with van der Waals surface area (Å²) in [5.41, 5.74) is 4.92. The Morgan fingerprint density at radius 1 is 0.964 bits per heavy atom. The number of unbranched alkanes of at least 4 members (excludes halogenated alkanes) is 6. The fraction of sp³-hybridized carbons (Fsp3) is 0.435. The molecule has 0 unspecified atom stereocenters. The summed E-state index contributed by atoms with van der Waals surface area (Å²) in [7, 11) is 1.65. The van der Waals surface area contributed by atoms with Crippen molar-refractivity contribution in [3.8, 4) is 11.5 Å². The predicted molar refractivity (Wildman–Crippen MR) is 122 cm³/mol. The third kappa shape index (κ3) is 8.34. The highest BCUT2D eigenvalue weighted by Crippen LogP contribution is 2.26. The number of benzene rings is 2. The molecule has 2 rings (SSSR count). The number of hydrazone groups is 1. The van der Waals surface area contributed by atoms with Gasteiger partial charge in [-0.2, -0.15) is 5.10 Å². The summed E-state index contributed by atoms with van der Waals surface area (Å²) < 4.78 is 12.0. The summed E-state index contributed by atoms with van der Waals surface area (Å²) in [6, 6.07) is 13.6. The minimum absolute atomic E-state index is 0.763. The molecule has 0 saturated carbocycles. The molecule has 0 saturated heterocycles. The van der Waals surface area contributed by atoms with Gasteiger partial charge in [-0.25, -0.2) is 0 Å². The zero-order valence-electron chi connectivity index (χ0n) is 16.9. The number of ether oxygens (including phenoxy) is 2. The van der Waals surface area contributed by atoms with Gasteiger partial charge in [0.1, 0.15) is 11.5 Å². The van der Waals surface area contributed by atoms with Crippen molar-refractivity contribution in [2.45, 2.75) is 51.9 Å². The number of nitrogens with one attached hydrogen (secondary N) is 1. The molecule has 152 valence electrons. The monoisotopic (exact) mass is 446 g/mol. The van der Waals surface area contributed by atoms with Crippen molar-refractivity contribution < 1.29 is 9.47 Å². The van der Waals surface area contributed by atoms with Gasteiger partial charge in [0.15, 0.2) is 0 Å². The molecule has 0 radical (unpaired) electrons. The molecule has 28 heavy (non-hydrogen) atoms. The predicted octanol–water partition coefficient (Wildman–Crippen LogP) is 7.03. The fourth-order valence-corrected chi connectivity index (χ4v) is 3.31. The van der Waals surface area contributed by atoms with Gasteiger partial charge in [0, 0.05) is 0 Å². The van der Waals surface area contributed by atoms with Gasteiger partial charge in [0.2, 0.25) is 0 Å². The van der Waals surface area contributed by atoms with E-state index in [-0.39, 0.29) is 0 Å². The van der Waals surface area contributed by atoms with Gasteiger partial charge in [0.05, 0.1) is 30.1 Å². The van der Waals surface area contributed by atoms with Crippen molar-refractivity contribution in [2.24, 2.45) is 5.10 Å². The van der Waals surface area contributed by atoms with Gasteiger partial charge in [0.25, 0.3) is 0 Å². The van der Waals surface area contributed by atoms with Crippen LogP contribution in [-0.2, 0) is 0 Å². The maximum absolute atomic E-state index is 5.90. The lowest BCUT2D eigenvalue weighted by Crippen LogP contribution is -1.98. The van der Waals surface area contributed by atoms with Crippen LogP contribution in [0.25, 0.3) is 0 Å². The van der Waals surface area contributed by atoms with E-state index < -0.39 is 0 Å². The van der Waals surface area contributed by atoms with Crippen LogP contribution in [0.2, 0.25) is 0 Å². The van der Waals surface area contributed by atoms with E-state index in [0.29, 0.717) is 0 Å². The molecule has 0 heterocycles. The first-order valence-electron chi connectivity index (χ1n) is 10.1. The van der Waals surface area contributed by atoms with Crippen LogP contribution in [0.3, 0.4) is 0 Å². The number of hydrogen-bond acceptors (Lipinski definition) is 4. The molecule has 0 bridgehead atoms. The van der Waals surface area contributed by atoms with Gasteiger partial charge in [-0.3, -0.25) is 5.43 Å². The first-order chi connectivity index (χ1) is 13.7. The normalized spacial score (nSPS) is 11.0. The van der Waals surface area contributed by atoms with Crippen molar-refractivity contribution in [3.63, 3.8) is 0 Å². The number of anilines is 1. The molecule has 5 heteroatoms. The molecule has 0 aromatic heterocycles. The van der Waals surface area contributed by atoms with Crippen molar-refractivity contribution in [3.05, 3.63) is 52.5 Å². The Bertz CT molecular complexity index is 717. The highest BCUT2D eigenvalue weighted by Gasteiger charge is 2.02. The minimum atomic E-state index is 0.763. The second-order valence-corrected chi connectivity index (χ2v) is 7.61. The zero-order chi connectivity index (χ0) is 20.0. The summed E-state index contributed by atoms with van der Waals surface area (Å²) in [6.07, 6.45) is 10.8. The van der Waals surface area contributed by atoms with E-state index in [1.54, 1.807) is 13.3 Å². The second-order valence-electron chi connectivity index (χ2n) is 6.76. The summed E-state index contributed by atoms with van der Waals surface area (Å²) in [4.78, 5) is 0. The van der Waals surface area contributed by atoms with Crippen LogP contribution < -0.4 is 14.9 Å². The molecule has 0 amide bonds. The first-order valence-corrected chi connectivity index (χ1v) is 10.9. The topological polar surface area (TPSA) is 42.8 Å². The maximum Gasteiger partial charge on any atom is 0.133 e. The Morgan fingerprint density at radius 3 is 2.36 bits per heavy atom. The largest absolute Gasteiger partial charge is 0.497 e. The quantitative estimate of drug-likeness (QED) is 0.204. The summed E-state index contributed by atoms with van der Waals surface area (Å²) in [6.45, 7) is 3.01. The summed E-state index contributed by atoms with van der Waals surface area (Å²) >= 11 is 3.59. The standard InChI is InChI=1S/C23H31BrN2O2/c1-3-4-5-6-7-8-9-16-28-23-15-10-19(17-22(23)24)18-25-26-20-11-13-21(27-2)14-12-20/h10-15,17-18,26H,3-9,16H2,1-2H3/b25-18+. The molecule has 0 spiro atoms. The van der Waals surface area contributed by atoms with E-state index in [0.717, 1.165) is 40.3 Å². The molecular formula is C23H31BrN2O2. The first kappa shape index (κ1) is 22.3. The molecular weight excluding hydrogens is 416 g/mol. The number of methoxy groups -OCH3 is 1. The SMILES string of the molecule is CCCCCCCCCOc1ccc(/C=N/Nc2ccc(OC)cc2)cc1Br. The molecule has 0 aliphatic carbocycles. The van der Waals surface area contributed by atoms with Crippen molar-refractivity contribution in [2.75, 3.05) is 19.1 Å². The van der Waals surface area contributed by atoms with Crippen molar-refractivity contribution in [1.29, 1.82) is 0 Å². The lowest BCUT2D eigenvalue weighted by Gasteiger charge is -2.09. The average Bonchev–Trinajstić information content (AvgIpc) is 2.72. The average molecular weight is 447 g/mol. The second kappa shape index (κ2) is 13.2. The highest BCUT2D eigenvalue weighted by molar-refractivity contribution is 9.10. The maximum atomic E-state index is 5.90.